The van der Waals surface area contributed by atoms with Crippen LogP contribution in [0.15, 0.2) is 56.5 Å². The van der Waals surface area contributed by atoms with Gasteiger partial charge in [0.05, 0.1) is 32.1 Å². The fourth-order valence-electron chi connectivity index (χ4n) is 2.56. The molecule has 1 heterocycles. The van der Waals surface area contributed by atoms with Crippen molar-refractivity contribution >= 4 is 55.6 Å². The van der Waals surface area contributed by atoms with E-state index in [-0.39, 0.29) is 6.61 Å². The van der Waals surface area contributed by atoms with Crippen molar-refractivity contribution in [3.8, 4) is 11.4 Å². The standard InChI is InChI=1S/C20H17Br2ClN4O2/c1-12-8-16(21)19(17(22)9-12)29-11-18(28)25-24-10-15-13(2)26-27(20(15)23)14-6-4-3-5-7-14/h3-10H,11H2,1-2H3,(H,25,28). The molecule has 1 aromatic heterocycles. The highest BCUT2D eigenvalue weighted by Gasteiger charge is 2.13. The monoisotopic (exact) mass is 538 g/mol. The second kappa shape index (κ2) is 9.56. The summed E-state index contributed by atoms with van der Waals surface area (Å²) in [5.74, 6) is 0.155. The number of nitrogens with zero attached hydrogens (tertiary/aromatic N) is 3. The van der Waals surface area contributed by atoms with E-state index in [9.17, 15) is 4.79 Å². The van der Waals surface area contributed by atoms with Gasteiger partial charge in [-0.3, -0.25) is 4.79 Å². The Hall–Kier alpha value is -2.16. The quantitative estimate of drug-likeness (QED) is 0.345. The second-order valence-electron chi connectivity index (χ2n) is 6.18. The van der Waals surface area contributed by atoms with Gasteiger partial charge in [-0.2, -0.15) is 10.2 Å². The van der Waals surface area contributed by atoms with Gasteiger partial charge in [0.1, 0.15) is 10.9 Å². The summed E-state index contributed by atoms with van der Waals surface area (Å²) in [6.45, 7) is 3.60. The molecule has 0 unspecified atom stereocenters. The van der Waals surface area contributed by atoms with Crippen molar-refractivity contribution in [2.24, 2.45) is 5.10 Å². The number of amides is 1. The molecule has 0 spiro atoms. The third kappa shape index (κ3) is 5.26. The van der Waals surface area contributed by atoms with E-state index in [2.05, 4.69) is 47.5 Å². The van der Waals surface area contributed by atoms with Crippen molar-refractivity contribution in [1.82, 2.24) is 15.2 Å². The predicted octanol–water partition coefficient (Wildman–Crippen LogP) is 5.20. The lowest BCUT2D eigenvalue weighted by atomic mass is 10.2. The van der Waals surface area contributed by atoms with Crippen molar-refractivity contribution in [1.29, 1.82) is 0 Å². The Morgan fingerprint density at radius 3 is 2.55 bits per heavy atom. The van der Waals surface area contributed by atoms with Crippen LogP contribution in [0, 0.1) is 13.8 Å². The number of aromatic nitrogens is 2. The van der Waals surface area contributed by atoms with E-state index in [1.165, 1.54) is 6.21 Å². The molecular formula is C20H17Br2ClN4O2. The van der Waals surface area contributed by atoms with Crippen molar-refractivity contribution in [3.63, 3.8) is 0 Å². The number of halogens is 3. The number of hydrogen-bond donors (Lipinski definition) is 1. The molecule has 0 saturated heterocycles. The Kier molecular flexibility index (Phi) is 7.10. The number of para-hydroxylation sites is 1. The zero-order valence-corrected chi connectivity index (χ0v) is 19.5. The van der Waals surface area contributed by atoms with E-state index >= 15 is 0 Å². The second-order valence-corrected chi connectivity index (χ2v) is 8.24. The SMILES string of the molecule is Cc1cc(Br)c(OCC(=O)NN=Cc2c(C)nn(-c3ccccc3)c2Cl)c(Br)c1. The Morgan fingerprint density at radius 1 is 1.24 bits per heavy atom. The molecule has 9 heteroatoms. The lowest BCUT2D eigenvalue weighted by molar-refractivity contribution is -0.123. The van der Waals surface area contributed by atoms with Gasteiger partial charge in [0.2, 0.25) is 0 Å². The zero-order chi connectivity index (χ0) is 21.0. The summed E-state index contributed by atoms with van der Waals surface area (Å²) in [4.78, 5) is 12.1. The maximum Gasteiger partial charge on any atom is 0.277 e. The summed E-state index contributed by atoms with van der Waals surface area (Å²) >= 11 is 13.3. The number of hydrogen-bond acceptors (Lipinski definition) is 4. The molecule has 0 fully saturated rings. The first-order valence-electron chi connectivity index (χ1n) is 8.57. The molecule has 1 N–H and O–H groups in total. The third-order valence-electron chi connectivity index (χ3n) is 3.92. The van der Waals surface area contributed by atoms with E-state index in [1.807, 2.05) is 56.3 Å². The number of benzene rings is 2. The summed E-state index contributed by atoms with van der Waals surface area (Å²) in [6.07, 6.45) is 1.47. The van der Waals surface area contributed by atoms with Gasteiger partial charge in [-0.05, 0) is 75.5 Å². The molecule has 2 aromatic carbocycles. The minimum atomic E-state index is -0.398. The van der Waals surface area contributed by atoms with Crippen molar-refractivity contribution < 1.29 is 9.53 Å². The van der Waals surface area contributed by atoms with Gasteiger partial charge in [-0.25, -0.2) is 10.1 Å². The van der Waals surface area contributed by atoms with Gasteiger partial charge >= 0.3 is 0 Å². The first-order chi connectivity index (χ1) is 13.9. The molecule has 29 heavy (non-hydrogen) atoms. The summed E-state index contributed by atoms with van der Waals surface area (Å²) in [6, 6.07) is 13.3. The number of carbonyl (C=O) groups is 1. The number of ether oxygens (including phenoxy) is 1. The molecule has 3 aromatic rings. The maximum absolute atomic E-state index is 12.1. The molecule has 6 nitrogen and oxygen atoms in total. The number of rotatable bonds is 6. The molecule has 0 radical (unpaired) electrons. The normalized spacial score (nSPS) is 11.1. The molecule has 150 valence electrons. The zero-order valence-electron chi connectivity index (χ0n) is 15.6. The average Bonchev–Trinajstić information content (AvgIpc) is 2.96. The summed E-state index contributed by atoms with van der Waals surface area (Å²) in [5.41, 5.74) is 5.66. The fraction of sp³-hybridized carbons (Fsp3) is 0.150. The highest BCUT2D eigenvalue weighted by molar-refractivity contribution is 9.11. The molecule has 0 saturated carbocycles. The van der Waals surface area contributed by atoms with Crippen LogP contribution in [0.4, 0.5) is 0 Å². The number of hydrazone groups is 1. The van der Waals surface area contributed by atoms with Crippen LogP contribution in [0.3, 0.4) is 0 Å². The number of aryl methyl sites for hydroxylation is 2. The Morgan fingerprint density at radius 2 is 1.90 bits per heavy atom. The molecular weight excluding hydrogens is 524 g/mol. The Labute approximate surface area is 190 Å². The van der Waals surface area contributed by atoms with Crippen LogP contribution in [0.25, 0.3) is 5.69 Å². The maximum atomic E-state index is 12.1. The minimum Gasteiger partial charge on any atom is -0.481 e. The molecule has 0 aliphatic rings. The van der Waals surface area contributed by atoms with Crippen LogP contribution in [0.5, 0.6) is 5.75 Å². The largest absolute Gasteiger partial charge is 0.481 e. The van der Waals surface area contributed by atoms with Gasteiger partial charge in [-0.1, -0.05) is 29.8 Å². The van der Waals surface area contributed by atoms with Crippen molar-refractivity contribution in [2.75, 3.05) is 6.61 Å². The molecule has 0 atom stereocenters. The Balaban J connectivity index is 1.63. The van der Waals surface area contributed by atoms with Crippen molar-refractivity contribution in [2.45, 2.75) is 13.8 Å². The molecule has 3 rings (SSSR count). The van der Waals surface area contributed by atoms with Crippen molar-refractivity contribution in [3.05, 3.63) is 73.4 Å². The van der Waals surface area contributed by atoms with E-state index in [0.29, 0.717) is 22.2 Å². The van der Waals surface area contributed by atoms with E-state index in [1.54, 1.807) is 4.68 Å². The van der Waals surface area contributed by atoms with Crippen LogP contribution in [-0.4, -0.2) is 28.5 Å². The van der Waals surface area contributed by atoms with Crippen LogP contribution >= 0.6 is 43.5 Å². The number of carbonyl (C=O) groups excluding carboxylic acids is 1. The van der Waals surface area contributed by atoms with Crippen LogP contribution in [-0.2, 0) is 4.79 Å². The summed E-state index contributed by atoms with van der Waals surface area (Å²) < 4.78 is 8.72. The van der Waals surface area contributed by atoms with E-state index < -0.39 is 5.91 Å². The van der Waals surface area contributed by atoms with Crippen LogP contribution in [0.1, 0.15) is 16.8 Å². The van der Waals surface area contributed by atoms with Gasteiger partial charge in [0.25, 0.3) is 5.91 Å². The third-order valence-corrected chi connectivity index (χ3v) is 5.46. The van der Waals surface area contributed by atoms with Crippen LogP contribution < -0.4 is 10.2 Å². The average molecular weight is 541 g/mol. The highest BCUT2D eigenvalue weighted by Crippen LogP contribution is 2.34. The summed E-state index contributed by atoms with van der Waals surface area (Å²) in [5, 5.41) is 8.81. The molecule has 0 aliphatic heterocycles. The molecule has 0 bridgehead atoms. The lowest BCUT2D eigenvalue weighted by Crippen LogP contribution is -2.24. The fourth-order valence-corrected chi connectivity index (χ4v) is 4.53. The molecule has 0 aliphatic carbocycles. The lowest BCUT2D eigenvalue weighted by Gasteiger charge is -2.10. The topological polar surface area (TPSA) is 68.5 Å². The van der Waals surface area contributed by atoms with Gasteiger partial charge in [0, 0.05) is 0 Å². The van der Waals surface area contributed by atoms with E-state index in [4.69, 9.17) is 16.3 Å². The smallest absolute Gasteiger partial charge is 0.277 e. The molecule has 1 amide bonds. The van der Waals surface area contributed by atoms with Gasteiger partial charge < -0.3 is 4.74 Å². The van der Waals surface area contributed by atoms with Gasteiger partial charge in [0.15, 0.2) is 6.61 Å². The highest BCUT2D eigenvalue weighted by atomic mass is 79.9. The van der Waals surface area contributed by atoms with Crippen LogP contribution in [0.2, 0.25) is 5.15 Å². The predicted molar refractivity (Wildman–Crippen MR) is 121 cm³/mol. The number of nitrogens with one attached hydrogen (secondary N) is 1. The first kappa shape index (κ1) is 21.5. The first-order valence-corrected chi connectivity index (χ1v) is 10.5. The van der Waals surface area contributed by atoms with E-state index in [0.717, 1.165) is 20.2 Å². The summed E-state index contributed by atoms with van der Waals surface area (Å²) in [7, 11) is 0. The van der Waals surface area contributed by atoms with Gasteiger partial charge in [-0.15, -0.1) is 0 Å². The minimum absolute atomic E-state index is 0.187. The Bertz CT molecular complexity index is 1040.